The first-order valence-electron chi connectivity index (χ1n) is 7.16. The lowest BCUT2D eigenvalue weighted by Crippen LogP contribution is -2.16. The molecule has 0 saturated heterocycles. The molecule has 0 aromatic carbocycles. The lowest BCUT2D eigenvalue weighted by Gasteiger charge is -2.11. The third kappa shape index (κ3) is 3.88. The summed E-state index contributed by atoms with van der Waals surface area (Å²) in [7, 11) is 0. The summed E-state index contributed by atoms with van der Waals surface area (Å²) >= 11 is 3.58. The maximum atomic E-state index is 11.7. The highest BCUT2D eigenvalue weighted by atomic mass is 32.2. The van der Waals surface area contributed by atoms with Crippen LogP contribution in [0.1, 0.15) is 48.5 Å². The summed E-state index contributed by atoms with van der Waals surface area (Å²) in [6, 6.07) is 0.486. The Kier molecular flexibility index (Phi) is 5.72. The fraction of sp³-hybridized carbons (Fsp3) is 0.714. The zero-order chi connectivity index (χ0) is 14.5. The van der Waals surface area contributed by atoms with Gasteiger partial charge in [0.15, 0.2) is 10.8 Å². The van der Waals surface area contributed by atoms with E-state index in [2.05, 4.69) is 17.2 Å². The molecule has 0 aliphatic heterocycles. The molecule has 0 radical (unpaired) electrons. The van der Waals surface area contributed by atoms with Gasteiger partial charge in [0.25, 0.3) is 0 Å². The second kappa shape index (κ2) is 7.31. The summed E-state index contributed by atoms with van der Waals surface area (Å²) in [5, 5.41) is 5.09. The molecule has 1 heterocycles. The number of carbonyl (C=O) groups is 1. The van der Waals surface area contributed by atoms with Gasteiger partial charge >= 0.3 is 5.97 Å². The van der Waals surface area contributed by atoms with Crippen LogP contribution in [0.3, 0.4) is 0 Å². The lowest BCUT2D eigenvalue weighted by molar-refractivity contribution is 0.0519. The molecule has 4 nitrogen and oxygen atoms in total. The smallest absolute Gasteiger partial charge is 0.358 e. The quantitative estimate of drug-likeness (QED) is 0.811. The second-order valence-corrected chi connectivity index (χ2v) is 7.66. The average molecular weight is 314 g/mol. The van der Waals surface area contributed by atoms with Crippen molar-refractivity contribution in [1.82, 2.24) is 4.98 Å². The van der Waals surface area contributed by atoms with Gasteiger partial charge in [-0.1, -0.05) is 6.92 Å². The maximum absolute atomic E-state index is 11.7. The molecule has 1 aromatic rings. The van der Waals surface area contributed by atoms with Crippen LogP contribution in [0, 0.1) is 6.92 Å². The molecule has 1 saturated carbocycles. The largest absolute Gasteiger partial charge is 0.461 e. The van der Waals surface area contributed by atoms with Crippen molar-refractivity contribution in [2.75, 3.05) is 17.7 Å². The van der Waals surface area contributed by atoms with Crippen molar-refractivity contribution < 1.29 is 9.53 Å². The number of anilines is 1. The van der Waals surface area contributed by atoms with Gasteiger partial charge in [-0.15, -0.1) is 11.3 Å². The van der Waals surface area contributed by atoms with E-state index in [0.717, 1.165) is 15.3 Å². The standard InChI is InChI=1S/C14H22N2O2S2/c1-4-18-13(17)12-9(3)20-14(16-12)15-10-6-7-11(8-10)19-5-2/h10-11H,4-8H2,1-3H3,(H,15,16). The van der Waals surface area contributed by atoms with E-state index in [9.17, 15) is 4.79 Å². The molecular weight excluding hydrogens is 292 g/mol. The zero-order valence-corrected chi connectivity index (χ0v) is 13.9. The van der Waals surface area contributed by atoms with Crippen LogP contribution in [0.4, 0.5) is 5.13 Å². The molecule has 1 fully saturated rings. The maximum Gasteiger partial charge on any atom is 0.358 e. The number of nitrogens with one attached hydrogen (secondary N) is 1. The number of aryl methyl sites for hydroxylation is 1. The Morgan fingerprint density at radius 3 is 3.00 bits per heavy atom. The molecule has 2 unspecified atom stereocenters. The zero-order valence-electron chi connectivity index (χ0n) is 12.3. The van der Waals surface area contributed by atoms with Gasteiger partial charge in [-0.25, -0.2) is 9.78 Å². The van der Waals surface area contributed by atoms with E-state index in [4.69, 9.17) is 4.74 Å². The van der Waals surface area contributed by atoms with Crippen LogP contribution in [-0.4, -0.2) is 34.6 Å². The fourth-order valence-corrected chi connectivity index (χ4v) is 4.50. The van der Waals surface area contributed by atoms with Crippen molar-refractivity contribution in [2.45, 2.75) is 51.3 Å². The van der Waals surface area contributed by atoms with Crippen molar-refractivity contribution in [3.05, 3.63) is 10.6 Å². The first-order valence-corrected chi connectivity index (χ1v) is 9.03. The van der Waals surface area contributed by atoms with Crippen LogP contribution in [0.15, 0.2) is 0 Å². The Morgan fingerprint density at radius 1 is 1.50 bits per heavy atom. The molecular formula is C14H22N2O2S2. The van der Waals surface area contributed by atoms with E-state index in [1.165, 1.54) is 25.0 Å². The van der Waals surface area contributed by atoms with E-state index in [-0.39, 0.29) is 5.97 Å². The number of thioether (sulfide) groups is 1. The molecule has 6 heteroatoms. The Morgan fingerprint density at radius 2 is 2.30 bits per heavy atom. The SMILES string of the molecule is CCOC(=O)c1nc(NC2CCC(SCC)C2)sc1C. The molecule has 20 heavy (non-hydrogen) atoms. The van der Waals surface area contributed by atoms with Crippen LogP contribution in [0.2, 0.25) is 0 Å². The van der Waals surface area contributed by atoms with Gasteiger partial charge in [0.05, 0.1) is 6.61 Å². The topological polar surface area (TPSA) is 51.2 Å². The minimum Gasteiger partial charge on any atom is -0.461 e. The Bertz CT molecular complexity index is 462. The van der Waals surface area contributed by atoms with Crippen molar-refractivity contribution in [3.8, 4) is 0 Å². The van der Waals surface area contributed by atoms with E-state index < -0.39 is 0 Å². The molecule has 0 amide bonds. The van der Waals surface area contributed by atoms with Crippen molar-refractivity contribution in [2.24, 2.45) is 0 Å². The first-order chi connectivity index (χ1) is 9.63. The third-order valence-corrected chi connectivity index (χ3v) is 5.51. The van der Waals surface area contributed by atoms with E-state index >= 15 is 0 Å². The van der Waals surface area contributed by atoms with Crippen molar-refractivity contribution >= 4 is 34.2 Å². The van der Waals surface area contributed by atoms with E-state index in [1.807, 2.05) is 25.6 Å². The summed E-state index contributed by atoms with van der Waals surface area (Å²) in [6.45, 7) is 6.32. The summed E-state index contributed by atoms with van der Waals surface area (Å²) in [6.07, 6.45) is 3.64. The highest BCUT2D eigenvalue weighted by molar-refractivity contribution is 7.99. The van der Waals surface area contributed by atoms with Crippen molar-refractivity contribution in [1.29, 1.82) is 0 Å². The van der Waals surface area contributed by atoms with E-state index in [0.29, 0.717) is 18.3 Å². The number of aromatic nitrogens is 1. The normalized spacial score (nSPS) is 21.9. The van der Waals surface area contributed by atoms with Crippen LogP contribution in [-0.2, 0) is 4.74 Å². The molecule has 2 atom stereocenters. The predicted octanol–water partition coefficient (Wildman–Crippen LogP) is 3.71. The Labute approximate surface area is 128 Å². The van der Waals surface area contributed by atoms with Crippen LogP contribution >= 0.6 is 23.1 Å². The van der Waals surface area contributed by atoms with Gasteiger partial charge in [-0.3, -0.25) is 0 Å². The molecule has 0 spiro atoms. The van der Waals surface area contributed by atoms with Crippen LogP contribution < -0.4 is 5.32 Å². The summed E-state index contributed by atoms with van der Waals surface area (Å²) in [5.41, 5.74) is 0.455. The predicted molar refractivity (Wildman–Crippen MR) is 86.0 cm³/mol. The number of hydrogen-bond donors (Lipinski definition) is 1. The van der Waals surface area contributed by atoms with Gasteiger partial charge in [0, 0.05) is 16.2 Å². The highest BCUT2D eigenvalue weighted by Crippen LogP contribution is 2.33. The Hall–Kier alpha value is -0.750. The number of esters is 1. The summed E-state index contributed by atoms with van der Waals surface area (Å²) < 4.78 is 5.02. The van der Waals surface area contributed by atoms with Gasteiger partial charge in [-0.05, 0) is 38.9 Å². The fourth-order valence-electron chi connectivity index (χ4n) is 2.48. The first kappa shape index (κ1) is 15.6. The number of ether oxygens (including phenoxy) is 1. The molecule has 1 aromatic heterocycles. The average Bonchev–Trinajstić information content (AvgIpc) is 2.98. The molecule has 112 valence electrons. The monoisotopic (exact) mass is 314 g/mol. The Balaban J connectivity index is 1.94. The molecule has 1 aliphatic rings. The minimum atomic E-state index is -0.319. The van der Waals surface area contributed by atoms with Gasteiger partial charge in [-0.2, -0.15) is 11.8 Å². The summed E-state index contributed by atoms with van der Waals surface area (Å²) in [4.78, 5) is 17.1. The highest BCUT2D eigenvalue weighted by Gasteiger charge is 2.26. The van der Waals surface area contributed by atoms with Gasteiger partial charge in [0.2, 0.25) is 0 Å². The van der Waals surface area contributed by atoms with E-state index in [1.54, 1.807) is 11.3 Å². The van der Waals surface area contributed by atoms with Crippen molar-refractivity contribution in [3.63, 3.8) is 0 Å². The lowest BCUT2D eigenvalue weighted by atomic mass is 10.3. The van der Waals surface area contributed by atoms with Gasteiger partial charge < -0.3 is 10.1 Å². The number of rotatable bonds is 6. The second-order valence-electron chi connectivity index (χ2n) is 4.88. The number of carbonyl (C=O) groups excluding carboxylic acids is 1. The minimum absolute atomic E-state index is 0.319. The number of hydrogen-bond acceptors (Lipinski definition) is 6. The van der Waals surface area contributed by atoms with Crippen LogP contribution in [0.25, 0.3) is 0 Å². The van der Waals surface area contributed by atoms with Crippen LogP contribution in [0.5, 0.6) is 0 Å². The summed E-state index contributed by atoms with van der Waals surface area (Å²) in [5.74, 6) is 0.862. The number of nitrogens with zero attached hydrogens (tertiary/aromatic N) is 1. The van der Waals surface area contributed by atoms with Gasteiger partial charge in [0.1, 0.15) is 0 Å². The molecule has 0 bridgehead atoms. The third-order valence-electron chi connectivity index (χ3n) is 3.38. The molecule has 1 aliphatic carbocycles. The number of thiazole rings is 1. The molecule has 1 N–H and O–H groups in total. The molecule has 2 rings (SSSR count).